The first-order valence-electron chi connectivity index (χ1n) is 6.72. The van der Waals surface area contributed by atoms with Crippen LogP contribution in [0.15, 0.2) is 36.4 Å². The van der Waals surface area contributed by atoms with Gasteiger partial charge in [0.05, 0.1) is 12.7 Å². The molecule has 0 bridgehead atoms. The van der Waals surface area contributed by atoms with Crippen molar-refractivity contribution in [3.05, 3.63) is 53.1 Å². The number of carboxylic acid groups (broad SMARTS) is 1. The molecule has 24 heavy (non-hydrogen) atoms. The number of ether oxygens (including phenoxy) is 1. The number of aromatic carboxylic acids is 1. The Kier molecular flexibility index (Phi) is 4.74. The van der Waals surface area contributed by atoms with Crippen LogP contribution in [0.25, 0.3) is 6.08 Å². The molecular formula is C17H14O7. The van der Waals surface area contributed by atoms with Crippen LogP contribution in [0.5, 0.6) is 23.0 Å². The maximum absolute atomic E-state index is 12.1. The van der Waals surface area contributed by atoms with Crippen LogP contribution in [0, 0.1) is 0 Å². The van der Waals surface area contributed by atoms with Gasteiger partial charge in [-0.25, -0.2) is 4.79 Å². The molecule has 0 amide bonds. The molecule has 0 spiro atoms. The van der Waals surface area contributed by atoms with E-state index in [0.717, 1.165) is 18.2 Å². The summed E-state index contributed by atoms with van der Waals surface area (Å²) < 4.78 is 4.95. The molecule has 0 saturated heterocycles. The van der Waals surface area contributed by atoms with E-state index < -0.39 is 28.8 Å². The fraction of sp³-hybridized carbons (Fsp3) is 0.0588. The van der Waals surface area contributed by atoms with Crippen LogP contribution in [-0.4, -0.2) is 39.3 Å². The van der Waals surface area contributed by atoms with Gasteiger partial charge in [-0.1, -0.05) is 12.1 Å². The number of aromatic hydroxyl groups is 3. The molecule has 124 valence electrons. The van der Waals surface area contributed by atoms with Crippen molar-refractivity contribution in [1.82, 2.24) is 0 Å². The first-order valence-corrected chi connectivity index (χ1v) is 6.72. The van der Waals surface area contributed by atoms with Gasteiger partial charge in [-0.2, -0.15) is 0 Å². The van der Waals surface area contributed by atoms with Gasteiger partial charge in [-0.3, -0.25) is 4.79 Å². The Balaban J connectivity index is 2.33. The number of ketones is 1. The summed E-state index contributed by atoms with van der Waals surface area (Å²) in [6, 6.07) is 6.13. The highest BCUT2D eigenvalue weighted by molar-refractivity contribution is 6.10. The van der Waals surface area contributed by atoms with Gasteiger partial charge in [0.15, 0.2) is 17.3 Å². The Labute approximate surface area is 136 Å². The lowest BCUT2D eigenvalue weighted by Gasteiger charge is -2.05. The normalized spacial score (nSPS) is 10.7. The number of phenolic OH excluding ortho intramolecular Hbond substituents is 2. The molecule has 0 aliphatic carbocycles. The van der Waals surface area contributed by atoms with Crippen LogP contribution in [0.1, 0.15) is 26.3 Å². The number of phenols is 3. The summed E-state index contributed by atoms with van der Waals surface area (Å²) in [7, 11) is 1.38. The Morgan fingerprint density at radius 3 is 2.25 bits per heavy atom. The molecule has 2 aromatic carbocycles. The predicted molar refractivity (Wildman–Crippen MR) is 84.8 cm³/mol. The molecule has 7 heteroatoms. The standard InChI is InChI=1S/C17H14O7/c1-24-16-6-9(3-5-13(16)19)2-4-12(18)10-7-11(17(22)23)15(21)8-14(10)20/h2-8,19-21H,1H3,(H,22,23)/b4-2+. The summed E-state index contributed by atoms with van der Waals surface area (Å²) in [6.45, 7) is 0. The summed E-state index contributed by atoms with van der Waals surface area (Å²) in [5.41, 5.74) is -0.197. The summed E-state index contributed by atoms with van der Waals surface area (Å²) >= 11 is 0. The molecule has 7 nitrogen and oxygen atoms in total. The summed E-state index contributed by atoms with van der Waals surface area (Å²) in [4.78, 5) is 23.1. The van der Waals surface area contributed by atoms with Crippen molar-refractivity contribution in [3.63, 3.8) is 0 Å². The summed E-state index contributed by atoms with van der Waals surface area (Å²) in [5, 5.41) is 37.6. The van der Waals surface area contributed by atoms with E-state index in [0.29, 0.717) is 5.56 Å². The molecule has 0 radical (unpaired) electrons. The van der Waals surface area contributed by atoms with Crippen molar-refractivity contribution in [2.24, 2.45) is 0 Å². The maximum Gasteiger partial charge on any atom is 0.339 e. The van der Waals surface area contributed by atoms with Gasteiger partial charge in [-0.05, 0) is 29.8 Å². The van der Waals surface area contributed by atoms with Gasteiger partial charge in [0.1, 0.15) is 17.1 Å². The fourth-order valence-electron chi connectivity index (χ4n) is 2.01. The lowest BCUT2D eigenvalue weighted by Crippen LogP contribution is -2.02. The van der Waals surface area contributed by atoms with Crippen LogP contribution in [0.4, 0.5) is 0 Å². The highest BCUT2D eigenvalue weighted by atomic mass is 16.5. The molecule has 2 aromatic rings. The van der Waals surface area contributed by atoms with Crippen molar-refractivity contribution in [3.8, 4) is 23.0 Å². The zero-order valence-corrected chi connectivity index (χ0v) is 12.6. The molecule has 0 aromatic heterocycles. The second-order valence-electron chi connectivity index (χ2n) is 4.82. The minimum absolute atomic E-state index is 0.0525. The van der Waals surface area contributed by atoms with E-state index in [-0.39, 0.29) is 17.1 Å². The van der Waals surface area contributed by atoms with Crippen molar-refractivity contribution >= 4 is 17.8 Å². The highest BCUT2D eigenvalue weighted by Gasteiger charge is 2.17. The molecule has 0 aliphatic heterocycles. The molecule has 2 rings (SSSR count). The molecule has 0 heterocycles. The van der Waals surface area contributed by atoms with Crippen molar-refractivity contribution in [2.45, 2.75) is 0 Å². The predicted octanol–water partition coefficient (Wildman–Crippen LogP) is 2.41. The number of carbonyl (C=O) groups excluding carboxylic acids is 1. The van der Waals surface area contributed by atoms with Crippen LogP contribution in [-0.2, 0) is 0 Å². The van der Waals surface area contributed by atoms with Gasteiger partial charge in [0, 0.05) is 6.07 Å². The minimum atomic E-state index is -1.42. The van der Waals surface area contributed by atoms with Crippen molar-refractivity contribution in [1.29, 1.82) is 0 Å². The number of carbonyl (C=O) groups is 2. The van der Waals surface area contributed by atoms with Crippen LogP contribution >= 0.6 is 0 Å². The number of hydrogen-bond acceptors (Lipinski definition) is 6. The average molecular weight is 330 g/mol. The van der Waals surface area contributed by atoms with E-state index in [2.05, 4.69) is 0 Å². The lowest BCUT2D eigenvalue weighted by molar-refractivity contribution is 0.0693. The molecule has 0 saturated carbocycles. The second-order valence-corrected chi connectivity index (χ2v) is 4.82. The SMILES string of the molecule is COc1cc(/C=C/C(=O)c2cc(C(=O)O)c(O)cc2O)ccc1O. The van der Waals surface area contributed by atoms with Gasteiger partial charge >= 0.3 is 5.97 Å². The minimum Gasteiger partial charge on any atom is -0.507 e. The van der Waals surface area contributed by atoms with Gasteiger partial charge in [0.25, 0.3) is 0 Å². The van der Waals surface area contributed by atoms with Crippen LogP contribution in [0.3, 0.4) is 0 Å². The van der Waals surface area contributed by atoms with E-state index >= 15 is 0 Å². The number of rotatable bonds is 5. The third-order valence-electron chi connectivity index (χ3n) is 3.24. The molecule has 0 unspecified atom stereocenters. The van der Waals surface area contributed by atoms with E-state index in [4.69, 9.17) is 9.84 Å². The first kappa shape index (κ1) is 16.9. The van der Waals surface area contributed by atoms with Gasteiger partial charge < -0.3 is 25.2 Å². The number of carboxylic acids is 1. The smallest absolute Gasteiger partial charge is 0.339 e. The average Bonchev–Trinajstić information content (AvgIpc) is 2.53. The topological polar surface area (TPSA) is 124 Å². The molecule has 4 N–H and O–H groups in total. The number of allylic oxidation sites excluding steroid dienone is 1. The van der Waals surface area contributed by atoms with E-state index in [1.54, 1.807) is 6.07 Å². The second kappa shape index (κ2) is 6.74. The number of hydrogen-bond donors (Lipinski definition) is 4. The zero-order valence-electron chi connectivity index (χ0n) is 12.6. The molecular weight excluding hydrogens is 316 g/mol. The Morgan fingerprint density at radius 2 is 1.62 bits per heavy atom. The number of benzene rings is 2. The number of methoxy groups -OCH3 is 1. The molecule has 0 fully saturated rings. The quantitative estimate of drug-likeness (QED) is 0.490. The van der Waals surface area contributed by atoms with Crippen LogP contribution in [0.2, 0.25) is 0 Å². The van der Waals surface area contributed by atoms with Gasteiger partial charge in [0.2, 0.25) is 0 Å². The van der Waals surface area contributed by atoms with Gasteiger partial charge in [-0.15, -0.1) is 0 Å². The van der Waals surface area contributed by atoms with E-state index in [1.807, 2.05) is 0 Å². The monoisotopic (exact) mass is 330 g/mol. The summed E-state index contributed by atoms with van der Waals surface area (Å²) in [6.07, 6.45) is 2.54. The van der Waals surface area contributed by atoms with Crippen molar-refractivity contribution < 1.29 is 34.8 Å². The Hall–Kier alpha value is -3.48. The zero-order chi connectivity index (χ0) is 17.9. The lowest BCUT2D eigenvalue weighted by atomic mass is 10.0. The van der Waals surface area contributed by atoms with E-state index in [1.165, 1.54) is 25.3 Å². The highest BCUT2D eigenvalue weighted by Crippen LogP contribution is 2.29. The fourth-order valence-corrected chi connectivity index (χ4v) is 2.01. The summed E-state index contributed by atoms with van der Waals surface area (Å²) in [5.74, 6) is -3.07. The Morgan fingerprint density at radius 1 is 0.958 bits per heavy atom. The molecule has 0 atom stereocenters. The Bertz CT molecular complexity index is 837. The largest absolute Gasteiger partial charge is 0.507 e. The maximum atomic E-state index is 12.1. The molecule has 0 aliphatic rings. The third kappa shape index (κ3) is 3.46. The van der Waals surface area contributed by atoms with E-state index in [9.17, 15) is 24.9 Å². The third-order valence-corrected chi connectivity index (χ3v) is 3.24. The first-order chi connectivity index (χ1) is 11.3. The van der Waals surface area contributed by atoms with Crippen molar-refractivity contribution in [2.75, 3.05) is 7.11 Å². The van der Waals surface area contributed by atoms with Crippen LogP contribution < -0.4 is 4.74 Å².